The van der Waals surface area contributed by atoms with Crippen LogP contribution in [0.15, 0.2) is 108 Å². The Morgan fingerprint density at radius 2 is 1.63 bits per heavy atom. The zero-order chi connectivity index (χ0) is 28.5. The van der Waals surface area contributed by atoms with Crippen molar-refractivity contribution >= 4 is 33.6 Å². The van der Waals surface area contributed by atoms with Crippen molar-refractivity contribution in [1.29, 1.82) is 0 Å². The highest BCUT2D eigenvalue weighted by Crippen LogP contribution is 2.32. The smallest absolute Gasteiger partial charge is 0.335 e. The van der Waals surface area contributed by atoms with E-state index in [4.69, 9.17) is 4.52 Å². The van der Waals surface area contributed by atoms with E-state index in [9.17, 15) is 19.1 Å². The Kier molecular flexibility index (Phi) is 6.77. The molecule has 0 aliphatic heterocycles. The third-order valence-corrected chi connectivity index (χ3v) is 7.24. The Bertz CT molecular complexity index is 1910. The summed E-state index contributed by atoms with van der Waals surface area (Å²) in [5, 5.41) is 18.4. The summed E-state index contributed by atoms with van der Waals surface area (Å²) in [6.07, 6.45) is 0.270. The number of halogens is 1. The Morgan fingerprint density at radius 1 is 0.902 bits per heavy atom. The lowest BCUT2D eigenvalue weighted by Gasteiger charge is -2.16. The molecule has 0 saturated heterocycles. The minimum atomic E-state index is -1.01. The number of carbonyl (C=O) groups is 2. The van der Waals surface area contributed by atoms with Crippen LogP contribution in [0.1, 0.15) is 50.5 Å². The number of aromatic carboxylic acids is 1. The van der Waals surface area contributed by atoms with E-state index in [-0.39, 0.29) is 23.7 Å². The highest BCUT2D eigenvalue weighted by Gasteiger charge is 2.22. The molecule has 0 unspecified atom stereocenters. The van der Waals surface area contributed by atoms with Crippen LogP contribution in [0.5, 0.6) is 0 Å². The van der Waals surface area contributed by atoms with Crippen molar-refractivity contribution in [1.82, 2.24) is 10.5 Å². The number of nitrogens with zero attached hydrogens (tertiary/aromatic N) is 1. The molecule has 0 aliphatic carbocycles. The van der Waals surface area contributed by atoms with Crippen LogP contribution in [0.25, 0.3) is 32.9 Å². The van der Waals surface area contributed by atoms with Crippen molar-refractivity contribution in [3.8, 4) is 11.1 Å². The van der Waals surface area contributed by atoms with Crippen LogP contribution in [0.4, 0.5) is 4.39 Å². The molecule has 2 N–H and O–H groups in total. The minimum Gasteiger partial charge on any atom is -0.478 e. The monoisotopic (exact) mass is 544 g/mol. The summed E-state index contributed by atoms with van der Waals surface area (Å²) in [5.41, 5.74) is 4.70. The van der Waals surface area contributed by atoms with Crippen molar-refractivity contribution in [2.24, 2.45) is 0 Å². The fourth-order valence-corrected chi connectivity index (χ4v) is 5.12. The van der Waals surface area contributed by atoms with E-state index in [1.807, 2.05) is 67.6 Å². The predicted octanol–water partition coefficient (Wildman–Crippen LogP) is 7.57. The largest absolute Gasteiger partial charge is 0.478 e. The first-order chi connectivity index (χ1) is 19.9. The van der Waals surface area contributed by atoms with Crippen molar-refractivity contribution < 1.29 is 23.6 Å². The van der Waals surface area contributed by atoms with E-state index < -0.39 is 12.0 Å². The second kappa shape index (κ2) is 10.7. The molecule has 6 rings (SSSR count). The second-order valence-corrected chi connectivity index (χ2v) is 9.99. The van der Waals surface area contributed by atoms with Gasteiger partial charge in [0.25, 0.3) is 5.91 Å². The van der Waals surface area contributed by atoms with Gasteiger partial charge < -0.3 is 14.9 Å². The van der Waals surface area contributed by atoms with Gasteiger partial charge >= 0.3 is 5.97 Å². The molecule has 1 amide bonds. The molecule has 0 saturated carbocycles. The molecule has 1 aromatic heterocycles. The lowest BCUT2D eigenvalue weighted by Crippen LogP contribution is -2.27. The molecule has 41 heavy (non-hydrogen) atoms. The Hall–Kier alpha value is -5.30. The normalized spacial score (nSPS) is 12.0. The van der Waals surface area contributed by atoms with Crippen LogP contribution >= 0.6 is 0 Å². The second-order valence-electron chi connectivity index (χ2n) is 9.99. The van der Waals surface area contributed by atoms with Crippen LogP contribution in [-0.2, 0) is 6.42 Å². The topological polar surface area (TPSA) is 92.4 Å². The minimum absolute atomic E-state index is 0.170. The number of benzene rings is 5. The van der Waals surface area contributed by atoms with Gasteiger partial charge in [0.15, 0.2) is 5.58 Å². The van der Waals surface area contributed by atoms with Gasteiger partial charge in [0.05, 0.1) is 28.2 Å². The number of fused-ring (bicyclic) bond motifs is 2. The number of rotatable bonds is 7. The molecule has 7 heteroatoms. The van der Waals surface area contributed by atoms with Gasteiger partial charge in [-0.2, -0.15) is 0 Å². The molecular formula is C34H25FN2O4. The van der Waals surface area contributed by atoms with Crippen LogP contribution in [0.2, 0.25) is 0 Å². The van der Waals surface area contributed by atoms with Crippen LogP contribution in [-0.4, -0.2) is 22.1 Å². The van der Waals surface area contributed by atoms with Crippen LogP contribution in [0.3, 0.4) is 0 Å². The summed E-state index contributed by atoms with van der Waals surface area (Å²) in [4.78, 5) is 25.0. The lowest BCUT2D eigenvalue weighted by molar-refractivity contribution is 0.0696. The first-order valence-electron chi connectivity index (χ1n) is 13.2. The number of carboxylic acids is 1. The van der Waals surface area contributed by atoms with Gasteiger partial charge in [-0.05, 0) is 64.9 Å². The fraction of sp³-hybridized carbons (Fsp3) is 0.0882. The zero-order valence-corrected chi connectivity index (χ0v) is 22.1. The van der Waals surface area contributed by atoms with E-state index in [0.717, 1.165) is 22.1 Å². The van der Waals surface area contributed by atoms with Crippen LogP contribution < -0.4 is 5.32 Å². The number of nitrogens with one attached hydrogen (secondary N) is 1. The number of carboxylic acid groups (broad SMARTS) is 1. The average Bonchev–Trinajstić information content (AvgIpc) is 3.39. The zero-order valence-electron chi connectivity index (χ0n) is 22.1. The van der Waals surface area contributed by atoms with Crippen LogP contribution in [0, 0.1) is 5.82 Å². The third-order valence-electron chi connectivity index (χ3n) is 7.24. The van der Waals surface area contributed by atoms with E-state index in [0.29, 0.717) is 33.2 Å². The maximum atomic E-state index is 14.9. The molecule has 6 nitrogen and oxygen atoms in total. The number of hydrogen-bond donors (Lipinski definition) is 2. The molecule has 0 radical (unpaired) electrons. The Morgan fingerprint density at radius 3 is 2.39 bits per heavy atom. The Labute approximate surface area is 235 Å². The van der Waals surface area contributed by atoms with Crippen molar-refractivity contribution in [2.75, 3.05) is 0 Å². The van der Waals surface area contributed by atoms with Gasteiger partial charge in [-0.3, -0.25) is 4.79 Å². The molecular weight excluding hydrogens is 519 g/mol. The third kappa shape index (κ3) is 5.17. The SMILES string of the molecule is C[C@H](NC(=O)c1cc(-c2ccccc2)cc2onc(Cc3cc(F)c4ccccc4c3)c12)c1ccc(C(=O)O)cc1. The van der Waals surface area contributed by atoms with E-state index >= 15 is 0 Å². The summed E-state index contributed by atoms with van der Waals surface area (Å²) in [6, 6.07) is 30.0. The van der Waals surface area contributed by atoms with Crippen molar-refractivity contribution in [2.45, 2.75) is 19.4 Å². The van der Waals surface area contributed by atoms with Gasteiger partial charge in [0, 0.05) is 11.8 Å². The van der Waals surface area contributed by atoms with Gasteiger partial charge in [-0.15, -0.1) is 0 Å². The maximum Gasteiger partial charge on any atom is 0.335 e. The maximum absolute atomic E-state index is 14.9. The number of amides is 1. The fourth-order valence-electron chi connectivity index (χ4n) is 5.12. The van der Waals surface area contributed by atoms with Crippen molar-refractivity contribution in [3.05, 3.63) is 137 Å². The van der Waals surface area contributed by atoms with E-state index in [1.54, 1.807) is 24.3 Å². The first kappa shape index (κ1) is 26.0. The molecule has 0 fully saturated rings. The Balaban J connectivity index is 1.40. The summed E-state index contributed by atoms with van der Waals surface area (Å²) < 4.78 is 20.6. The molecule has 0 spiro atoms. The van der Waals surface area contributed by atoms with Crippen molar-refractivity contribution in [3.63, 3.8) is 0 Å². The molecule has 0 aliphatic rings. The van der Waals surface area contributed by atoms with Gasteiger partial charge in [-0.1, -0.05) is 78.0 Å². The number of aromatic nitrogens is 1. The van der Waals surface area contributed by atoms with E-state index in [2.05, 4.69) is 10.5 Å². The van der Waals surface area contributed by atoms with Gasteiger partial charge in [-0.25, -0.2) is 9.18 Å². The first-order valence-corrected chi connectivity index (χ1v) is 13.2. The highest BCUT2D eigenvalue weighted by molar-refractivity contribution is 6.08. The standard InChI is InChI=1S/C34H25FN2O4/c1-20(22-11-13-24(14-12-22)34(39)40)36-33(38)28-18-26(23-7-3-2-4-8-23)19-31-32(28)30(37-41-31)17-21-15-25-9-5-6-10-27(25)29(35)16-21/h2-16,18-20H,17H2,1H3,(H,36,38)(H,39,40)/t20-/m0/s1. The summed E-state index contributed by atoms with van der Waals surface area (Å²) in [7, 11) is 0. The molecule has 1 heterocycles. The molecule has 0 bridgehead atoms. The van der Waals surface area contributed by atoms with E-state index in [1.165, 1.54) is 18.2 Å². The molecule has 202 valence electrons. The average molecular weight is 545 g/mol. The molecule has 1 atom stereocenters. The lowest BCUT2D eigenvalue weighted by atomic mass is 9.96. The summed E-state index contributed by atoms with van der Waals surface area (Å²) in [5.74, 6) is -1.67. The quantitative estimate of drug-likeness (QED) is 0.216. The predicted molar refractivity (Wildman–Crippen MR) is 155 cm³/mol. The van der Waals surface area contributed by atoms with Gasteiger partial charge in [0.1, 0.15) is 5.82 Å². The van der Waals surface area contributed by atoms with Gasteiger partial charge in [0.2, 0.25) is 0 Å². The summed E-state index contributed by atoms with van der Waals surface area (Å²) in [6.45, 7) is 1.83. The molecule has 6 aromatic rings. The number of hydrogen-bond acceptors (Lipinski definition) is 4. The highest BCUT2D eigenvalue weighted by atomic mass is 19.1. The molecule has 5 aromatic carbocycles. The summed E-state index contributed by atoms with van der Waals surface area (Å²) >= 11 is 0. The number of carbonyl (C=O) groups excluding carboxylic acids is 1.